The highest BCUT2D eigenvalue weighted by molar-refractivity contribution is 6.21. The Morgan fingerprint density at radius 2 is 0.891 bits per heavy atom. The van der Waals surface area contributed by atoms with Crippen molar-refractivity contribution in [1.82, 2.24) is 0 Å². The molecule has 0 atom stereocenters. The van der Waals surface area contributed by atoms with Crippen molar-refractivity contribution >= 4 is 32.3 Å². The van der Waals surface area contributed by atoms with Crippen molar-refractivity contribution in [2.45, 2.75) is 37.5 Å². The molecule has 0 saturated heterocycles. The van der Waals surface area contributed by atoms with Crippen LogP contribution in [0.25, 0.3) is 65.7 Å². The quantitative estimate of drug-likeness (QED) is 0.176. The molecule has 0 nitrogen and oxygen atoms in total. The number of hydrogen-bond donors (Lipinski definition) is 0. The lowest BCUT2D eigenvalue weighted by Gasteiger charge is -2.61. The largest absolute Gasteiger partial charge is 0.0622 e. The molecular weight excluding hydrogens is 553 g/mol. The van der Waals surface area contributed by atoms with Crippen molar-refractivity contribution in [3.8, 4) is 33.4 Å². The second-order valence-electron chi connectivity index (χ2n) is 14.9. The Kier molecular flexibility index (Phi) is 5.10. The van der Waals surface area contributed by atoms with E-state index in [9.17, 15) is 0 Å². The first kappa shape index (κ1) is 25.5. The Balaban J connectivity index is 1.22. The molecule has 1 spiro atoms. The van der Waals surface area contributed by atoms with Gasteiger partial charge in [-0.25, -0.2) is 0 Å². The van der Waals surface area contributed by atoms with Crippen LogP contribution in [0.15, 0.2) is 133 Å². The number of rotatable bonds is 2. The van der Waals surface area contributed by atoms with Crippen molar-refractivity contribution in [3.63, 3.8) is 0 Å². The van der Waals surface area contributed by atoms with Gasteiger partial charge in [-0.2, -0.15) is 0 Å². The number of fused-ring (bicyclic) bond motifs is 6. The standard InChI is InChI=1S/C46H36/c1-2-10-30(11-3-1)44-37-14-6-8-16-39(37)45(40-17-9-7-15-38(40)44)33-18-19-36-41-25-31-12-4-5-13-32(31)26-43(41)46(42(36)27-33)34-21-28-20-29(23-34)24-35(46)22-28/h1-19,25-29,34-35H,20-24H2. The van der Waals surface area contributed by atoms with Crippen molar-refractivity contribution in [1.29, 1.82) is 0 Å². The summed E-state index contributed by atoms with van der Waals surface area (Å²) in [7, 11) is 0. The van der Waals surface area contributed by atoms with E-state index in [1.165, 1.54) is 97.8 Å². The van der Waals surface area contributed by atoms with Gasteiger partial charge in [-0.15, -0.1) is 0 Å². The van der Waals surface area contributed by atoms with Crippen LogP contribution in [0.1, 0.15) is 43.2 Å². The highest BCUT2D eigenvalue weighted by Crippen LogP contribution is 2.70. The van der Waals surface area contributed by atoms with Gasteiger partial charge in [-0.05, 0) is 151 Å². The maximum Gasteiger partial charge on any atom is 0.0272 e. The molecule has 0 N–H and O–H groups in total. The lowest BCUT2D eigenvalue weighted by molar-refractivity contribution is -0.0398. The maximum absolute atomic E-state index is 2.68. The molecule has 0 heteroatoms. The van der Waals surface area contributed by atoms with Gasteiger partial charge in [0.15, 0.2) is 0 Å². The van der Waals surface area contributed by atoms with Crippen LogP contribution in [0.5, 0.6) is 0 Å². The molecule has 4 fully saturated rings. The van der Waals surface area contributed by atoms with Gasteiger partial charge in [-0.1, -0.05) is 115 Å². The summed E-state index contributed by atoms with van der Waals surface area (Å²) in [6.45, 7) is 0. The van der Waals surface area contributed by atoms with Crippen LogP contribution >= 0.6 is 0 Å². The Hall–Kier alpha value is -4.68. The SMILES string of the molecule is c1ccc(-c2c3ccccc3c(-c3ccc4c(c3)C3(c5cc6ccccc6cc5-4)C4CC5CC(C4)CC3C5)c3ccccc23)cc1. The van der Waals surface area contributed by atoms with E-state index in [1.54, 1.807) is 11.1 Å². The molecule has 5 aliphatic rings. The summed E-state index contributed by atoms with van der Waals surface area (Å²) >= 11 is 0. The van der Waals surface area contributed by atoms with Gasteiger partial charge in [-0.3, -0.25) is 0 Å². The topological polar surface area (TPSA) is 0 Å². The first-order chi connectivity index (χ1) is 22.8. The summed E-state index contributed by atoms with van der Waals surface area (Å²) < 4.78 is 0. The Morgan fingerprint density at radius 3 is 1.50 bits per heavy atom. The highest BCUT2D eigenvalue weighted by Gasteiger charge is 2.61. The predicted octanol–water partition coefficient (Wildman–Crippen LogP) is 12.2. The number of hydrogen-bond acceptors (Lipinski definition) is 0. The molecule has 0 radical (unpaired) electrons. The predicted molar refractivity (Wildman–Crippen MR) is 193 cm³/mol. The van der Waals surface area contributed by atoms with Crippen LogP contribution < -0.4 is 0 Å². The molecule has 7 aromatic carbocycles. The van der Waals surface area contributed by atoms with Crippen molar-refractivity contribution < 1.29 is 0 Å². The van der Waals surface area contributed by atoms with Gasteiger partial charge in [0, 0.05) is 5.41 Å². The molecule has 7 aromatic rings. The molecule has 5 aliphatic carbocycles. The van der Waals surface area contributed by atoms with Crippen LogP contribution in [0.4, 0.5) is 0 Å². The van der Waals surface area contributed by atoms with Crippen LogP contribution in [0.3, 0.4) is 0 Å². The van der Waals surface area contributed by atoms with Crippen molar-refractivity contribution in [3.05, 3.63) is 145 Å². The van der Waals surface area contributed by atoms with Gasteiger partial charge >= 0.3 is 0 Å². The highest BCUT2D eigenvalue weighted by atomic mass is 14.6. The first-order valence-corrected chi connectivity index (χ1v) is 17.4. The molecule has 220 valence electrons. The van der Waals surface area contributed by atoms with E-state index in [1.807, 2.05) is 0 Å². The minimum Gasteiger partial charge on any atom is -0.0622 e. The van der Waals surface area contributed by atoms with Gasteiger partial charge in [0.05, 0.1) is 0 Å². The molecule has 0 unspecified atom stereocenters. The zero-order chi connectivity index (χ0) is 30.0. The van der Waals surface area contributed by atoms with Crippen LogP contribution in [0.2, 0.25) is 0 Å². The zero-order valence-corrected chi connectivity index (χ0v) is 26.0. The third-order valence-electron chi connectivity index (χ3n) is 12.8. The molecule has 46 heavy (non-hydrogen) atoms. The van der Waals surface area contributed by atoms with E-state index in [2.05, 4.69) is 133 Å². The van der Waals surface area contributed by atoms with E-state index in [0.717, 1.165) is 23.7 Å². The fraction of sp³-hybridized carbons (Fsp3) is 0.217. The van der Waals surface area contributed by atoms with Crippen molar-refractivity contribution in [2.75, 3.05) is 0 Å². The summed E-state index contributed by atoms with van der Waals surface area (Å²) in [5.41, 5.74) is 11.8. The van der Waals surface area contributed by atoms with Gasteiger partial charge in [0.2, 0.25) is 0 Å². The van der Waals surface area contributed by atoms with Crippen LogP contribution in [-0.2, 0) is 5.41 Å². The van der Waals surface area contributed by atoms with E-state index in [0.29, 0.717) is 0 Å². The van der Waals surface area contributed by atoms with Gasteiger partial charge < -0.3 is 0 Å². The van der Waals surface area contributed by atoms with Crippen LogP contribution in [0, 0.1) is 23.7 Å². The average molecular weight is 589 g/mol. The fourth-order valence-corrected chi connectivity index (χ4v) is 11.4. The monoisotopic (exact) mass is 588 g/mol. The normalized spacial score (nSPS) is 25.5. The Labute approximate surface area is 270 Å². The van der Waals surface area contributed by atoms with E-state index in [4.69, 9.17) is 0 Å². The molecule has 4 bridgehead atoms. The van der Waals surface area contributed by atoms with E-state index < -0.39 is 0 Å². The molecule has 0 amide bonds. The smallest absolute Gasteiger partial charge is 0.0272 e. The average Bonchev–Trinajstić information content (AvgIpc) is 3.37. The second kappa shape index (κ2) is 9.20. The first-order valence-electron chi connectivity index (χ1n) is 17.4. The minimum absolute atomic E-state index is 0.133. The Bertz CT molecular complexity index is 2290. The molecule has 0 aromatic heterocycles. The van der Waals surface area contributed by atoms with Gasteiger partial charge in [0.1, 0.15) is 0 Å². The summed E-state index contributed by atoms with van der Waals surface area (Å²) in [6.07, 6.45) is 7.09. The molecule has 4 saturated carbocycles. The van der Waals surface area contributed by atoms with Crippen LogP contribution in [-0.4, -0.2) is 0 Å². The third-order valence-corrected chi connectivity index (χ3v) is 12.8. The fourth-order valence-electron chi connectivity index (χ4n) is 11.4. The summed E-state index contributed by atoms with van der Waals surface area (Å²) in [4.78, 5) is 0. The minimum atomic E-state index is 0.133. The molecule has 0 heterocycles. The molecule has 0 aliphatic heterocycles. The lowest BCUT2D eigenvalue weighted by atomic mass is 9.43. The third kappa shape index (κ3) is 3.25. The Morgan fingerprint density at radius 1 is 0.391 bits per heavy atom. The maximum atomic E-state index is 2.68. The zero-order valence-electron chi connectivity index (χ0n) is 26.0. The molecule has 12 rings (SSSR count). The lowest BCUT2D eigenvalue weighted by Crippen LogP contribution is -2.55. The summed E-state index contributed by atoms with van der Waals surface area (Å²) in [5.74, 6) is 3.36. The summed E-state index contributed by atoms with van der Waals surface area (Å²) in [5, 5.41) is 8.13. The summed E-state index contributed by atoms with van der Waals surface area (Å²) in [6, 6.07) is 51.1. The number of benzene rings is 7. The van der Waals surface area contributed by atoms with Gasteiger partial charge in [0.25, 0.3) is 0 Å². The second-order valence-corrected chi connectivity index (χ2v) is 14.9. The van der Waals surface area contributed by atoms with Crippen molar-refractivity contribution in [2.24, 2.45) is 23.7 Å². The molecular formula is C46H36. The van der Waals surface area contributed by atoms with E-state index >= 15 is 0 Å². The van der Waals surface area contributed by atoms with E-state index in [-0.39, 0.29) is 5.41 Å².